The average Bonchev–Trinajstić information content (AvgIpc) is 3.69. The smallest absolute Gasteiger partial charge is 0.407 e. The summed E-state index contributed by atoms with van der Waals surface area (Å²) < 4.78 is 10.9. The van der Waals surface area contributed by atoms with Crippen LogP contribution in [0.1, 0.15) is 35.4 Å². The summed E-state index contributed by atoms with van der Waals surface area (Å²) in [5, 5.41) is 14.3. The second kappa shape index (κ2) is 12.0. The van der Waals surface area contributed by atoms with E-state index in [1.807, 2.05) is 66.7 Å². The van der Waals surface area contributed by atoms with Crippen molar-refractivity contribution in [3.8, 4) is 11.1 Å². The van der Waals surface area contributed by atoms with Crippen molar-refractivity contribution in [3.05, 3.63) is 95.6 Å². The van der Waals surface area contributed by atoms with Crippen molar-refractivity contribution in [2.45, 2.75) is 31.4 Å². The Bertz CT molecular complexity index is 1360. The summed E-state index contributed by atoms with van der Waals surface area (Å²) in [5.41, 5.74) is 5.06. The Morgan fingerprint density at radius 1 is 0.850 bits per heavy atom. The Kier molecular flexibility index (Phi) is 8.10. The number of rotatable bonds is 11. The van der Waals surface area contributed by atoms with Gasteiger partial charge in [0.2, 0.25) is 5.91 Å². The fraction of sp³-hybridized carbons (Fsp3) is 0.290. The van der Waals surface area contributed by atoms with Crippen LogP contribution in [-0.2, 0) is 30.5 Å². The van der Waals surface area contributed by atoms with Crippen LogP contribution in [0, 0.1) is 11.8 Å². The molecule has 1 fully saturated rings. The highest BCUT2D eigenvalue weighted by Crippen LogP contribution is 2.44. The minimum Gasteiger partial charge on any atom is -0.481 e. The van der Waals surface area contributed by atoms with Crippen molar-refractivity contribution < 1.29 is 33.8 Å². The van der Waals surface area contributed by atoms with E-state index in [0.29, 0.717) is 6.42 Å². The van der Waals surface area contributed by atoms with Gasteiger partial charge in [0.1, 0.15) is 19.3 Å². The number of esters is 1. The van der Waals surface area contributed by atoms with E-state index in [-0.39, 0.29) is 31.6 Å². The summed E-state index contributed by atoms with van der Waals surface area (Å²) in [4.78, 5) is 49.5. The Balaban J connectivity index is 1.20. The van der Waals surface area contributed by atoms with E-state index >= 15 is 0 Å². The molecule has 0 heterocycles. The standard InChI is InChI=1S/C31H30N2O7/c34-28(39-17-19-8-2-1-3-9-19)15-27(29(35)32-16-20-14-25(20)30(36)37)33-31(38)40-18-26-23-12-6-4-10-21(23)22-11-5-7-13-24(22)26/h1-13,20,25-27H,14-18H2,(H,32,35)(H,33,38)(H,36,37)/t20?,25?,27-/m0/s1. The third-order valence-electron chi connectivity index (χ3n) is 7.34. The molecule has 3 N–H and O–H groups in total. The van der Waals surface area contributed by atoms with Crippen molar-refractivity contribution >= 4 is 23.9 Å². The minimum absolute atomic E-state index is 0.0291. The van der Waals surface area contributed by atoms with E-state index in [2.05, 4.69) is 10.6 Å². The van der Waals surface area contributed by atoms with Gasteiger partial charge in [-0.05, 0) is 40.2 Å². The molecule has 0 spiro atoms. The van der Waals surface area contributed by atoms with E-state index in [0.717, 1.165) is 27.8 Å². The Morgan fingerprint density at radius 2 is 1.48 bits per heavy atom. The lowest BCUT2D eigenvalue weighted by molar-refractivity contribution is -0.147. The molecule has 2 amide bonds. The molecule has 2 aliphatic rings. The maximum Gasteiger partial charge on any atom is 0.407 e. The van der Waals surface area contributed by atoms with E-state index in [4.69, 9.17) is 14.6 Å². The lowest BCUT2D eigenvalue weighted by atomic mass is 9.98. The largest absolute Gasteiger partial charge is 0.481 e. The quantitative estimate of drug-likeness (QED) is 0.314. The van der Waals surface area contributed by atoms with E-state index in [9.17, 15) is 19.2 Å². The number of amides is 2. The molecule has 0 saturated heterocycles. The normalized spacial score (nSPS) is 17.6. The Morgan fingerprint density at radius 3 is 2.10 bits per heavy atom. The first-order valence-electron chi connectivity index (χ1n) is 13.2. The summed E-state index contributed by atoms with van der Waals surface area (Å²) >= 11 is 0. The Labute approximate surface area is 231 Å². The van der Waals surface area contributed by atoms with Gasteiger partial charge < -0.3 is 25.2 Å². The molecule has 3 aromatic rings. The molecule has 206 valence electrons. The lowest BCUT2D eigenvalue weighted by Gasteiger charge is -2.19. The van der Waals surface area contributed by atoms with Crippen LogP contribution in [0.4, 0.5) is 4.79 Å². The highest BCUT2D eigenvalue weighted by atomic mass is 16.5. The molecular weight excluding hydrogens is 512 g/mol. The molecule has 1 saturated carbocycles. The van der Waals surface area contributed by atoms with Crippen molar-refractivity contribution in [3.63, 3.8) is 0 Å². The van der Waals surface area contributed by atoms with Gasteiger partial charge in [-0.2, -0.15) is 0 Å². The fourth-order valence-electron chi connectivity index (χ4n) is 5.09. The number of carbonyl (C=O) groups is 4. The summed E-state index contributed by atoms with van der Waals surface area (Å²) in [7, 11) is 0. The molecule has 3 aromatic carbocycles. The van der Waals surface area contributed by atoms with Crippen molar-refractivity contribution in [1.82, 2.24) is 10.6 Å². The monoisotopic (exact) mass is 542 g/mol. The molecule has 9 heteroatoms. The van der Waals surface area contributed by atoms with Gasteiger partial charge in [0.25, 0.3) is 0 Å². The van der Waals surface area contributed by atoms with E-state index in [1.54, 1.807) is 12.1 Å². The number of aliphatic carboxylic acids is 1. The molecule has 2 unspecified atom stereocenters. The predicted molar refractivity (Wildman–Crippen MR) is 145 cm³/mol. The number of carboxylic acids is 1. The Hall–Kier alpha value is -4.66. The van der Waals surface area contributed by atoms with Gasteiger partial charge in [-0.25, -0.2) is 4.79 Å². The lowest BCUT2D eigenvalue weighted by Crippen LogP contribution is -2.48. The van der Waals surface area contributed by atoms with Crippen LogP contribution >= 0.6 is 0 Å². The molecule has 9 nitrogen and oxygen atoms in total. The summed E-state index contributed by atoms with van der Waals surface area (Å²) in [6, 6.07) is 23.7. The highest BCUT2D eigenvalue weighted by molar-refractivity contribution is 5.89. The number of carboxylic acid groups (broad SMARTS) is 1. The van der Waals surface area contributed by atoms with Crippen LogP contribution < -0.4 is 10.6 Å². The SMILES string of the molecule is O=C(C[C@H](NC(=O)OCC1c2ccccc2-c2ccccc21)C(=O)NCC1CC1C(=O)O)OCc1ccccc1. The van der Waals surface area contributed by atoms with Gasteiger partial charge in [0, 0.05) is 12.5 Å². The molecule has 3 atom stereocenters. The second-order valence-corrected chi connectivity index (χ2v) is 10.1. The highest BCUT2D eigenvalue weighted by Gasteiger charge is 2.43. The first-order chi connectivity index (χ1) is 19.4. The van der Waals surface area contributed by atoms with Crippen LogP contribution in [0.25, 0.3) is 11.1 Å². The predicted octanol–water partition coefficient (Wildman–Crippen LogP) is 3.86. The average molecular weight is 543 g/mol. The number of benzene rings is 3. The molecule has 0 bridgehead atoms. The first-order valence-corrected chi connectivity index (χ1v) is 13.2. The first kappa shape index (κ1) is 26.9. The van der Waals surface area contributed by atoms with Crippen LogP contribution in [0.2, 0.25) is 0 Å². The number of hydrogen-bond donors (Lipinski definition) is 3. The zero-order chi connectivity index (χ0) is 28.1. The maximum atomic E-state index is 12.9. The van der Waals surface area contributed by atoms with Crippen molar-refractivity contribution in [2.24, 2.45) is 11.8 Å². The second-order valence-electron chi connectivity index (χ2n) is 10.1. The molecule has 0 radical (unpaired) electrons. The zero-order valence-electron chi connectivity index (χ0n) is 21.7. The topological polar surface area (TPSA) is 131 Å². The van der Waals surface area contributed by atoms with Gasteiger partial charge >= 0.3 is 18.0 Å². The van der Waals surface area contributed by atoms with Crippen molar-refractivity contribution in [2.75, 3.05) is 13.2 Å². The molecular formula is C31H30N2O7. The van der Waals surface area contributed by atoms with Crippen molar-refractivity contribution in [1.29, 1.82) is 0 Å². The van der Waals surface area contributed by atoms with Gasteiger partial charge in [0.05, 0.1) is 12.3 Å². The van der Waals surface area contributed by atoms with Gasteiger partial charge in [-0.1, -0.05) is 78.9 Å². The molecule has 2 aliphatic carbocycles. The summed E-state index contributed by atoms with van der Waals surface area (Å²) in [5.74, 6) is -3.02. The van der Waals surface area contributed by atoms with E-state index in [1.165, 1.54) is 0 Å². The van der Waals surface area contributed by atoms with Gasteiger partial charge in [-0.15, -0.1) is 0 Å². The zero-order valence-corrected chi connectivity index (χ0v) is 21.7. The van der Waals surface area contributed by atoms with Gasteiger partial charge in [-0.3, -0.25) is 14.4 Å². The van der Waals surface area contributed by atoms with Crippen LogP contribution in [0.15, 0.2) is 78.9 Å². The van der Waals surface area contributed by atoms with Crippen LogP contribution in [-0.4, -0.2) is 48.2 Å². The molecule has 0 aromatic heterocycles. The summed E-state index contributed by atoms with van der Waals surface area (Å²) in [6.45, 7) is 0.216. The van der Waals surface area contributed by atoms with E-state index < -0.39 is 42.3 Å². The number of ether oxygens (including phenoxy) is 2. The van der Waals surface area contributed by atoms with Crippen LogP contribution in [0.3, 0.4) is 0 Å². The number of fused-ring (bicyclic) bond motifs is 3. The van der Waals surface area contributed by atoms with Gasteiger partial charge in [0.15, 0.2) is 0 Å². The van der Waals surface area contributed by atoms with Crippen LogP contribution in [0.5, 0.6) is 0 Å². The maximum absolute atomic E-state index is 12.9. The number of alkyl carbamates (subject to hydrolysis) is 1. The third-order valence-corrected chi connectivity index (χ3v) is 7.34. The number of hydrogen-bond acceptors (Lipinski definition) is 6. The minimum atomic E-state index is -1.25. The molecule has 5 rings (SSSR count). The number of nitrogens with one attached hydrogen (secondary N) is 2. The number of carbonyl (C=O) groups excluding carboxylic acids is 3. The third kappa shape index (κ3) is 6.31. The summed E-state index contributed by atoms with van der Waals surface area (Å²) in [6.07, 6.45) is -0.776. The fourth-order valence-corrected chi connectivity index (χ4v) is 5.09. The molecule has 0 aliphatic heterocycles. The molecule has 40 heavy (non-hydrogen) atoms.